The molecule has 1 aliphatic heterocycles. The summed E-state index contributed by atoms with van der Waals surface area (Å²) in [7, 11) is 0. The molecular weight excluding hydrogens is 350 g/mol. The van der Waals surface area contributed by atoms with Gasteiger partial charge in [-0.3, -0.25) is 0 Å². The van der Waals surface area contributed by atoms with Crippen molar-refractivity contribution in [2.75, 3.05) is 19.6 Å². The predicted molar refractivity (Wildman–Crippen MR) is 110 cm³/mol. The number of rotatable bonds is 7. The molecule has 4 heteroatoms. The number of benzene rings is 1. The summed E-state index contributed by atoms with van der Waals surface area (Å²) in [5.41, 5.74) is 0.406. The summed E-state index contributed by atoms with van der Waals surface area (Å²) in [6.45, 7) is 4.70. The SMILES string of the molecule is CC(O)C(=O)OC(CCN1CCCCC1)(c1ccccc1)C1C[C@H]2C=C[C@@H]1C2. The number of hydrogen-bond donors (Lipinski definition) is 1. The number of aliphatic hydroxyl groups excluding tert-OH is 1. The van der Waals surface area contributed by atoms with Crippen LogP contribution in [0.25, 0.3) is 0 Å². The predicted octanol–water partition coefficient (Wildman–Crippen LogP) is 3.89. The van der Waals surface area contributed by atoms with Gasteiger partial charge in [-0.15, -0.1) is 0 Å². The van der Waals surface area contributed by atoms with Crippen molar-refractivity contribution in [2.24, 2.45) is 17.8 Å². The first-order valence-corrected chi connectivity index (χ1v) is 11.0. The molecule has 3 aliphatic rings. The third-order valence-corrected chi connectivity index (χ3v) is 7.01. The molecule has 0 aromatic heterocycles. The fourth-order valence-corrected chi connectivity index (χ4v) is 5.54. The Hall–Kier alpha value is -1.65. The average molecular weight is 384 g/mol. The number of aliphatic hydroxyl groups is 1. The number of nitrogens with zero attached hydrogens (tertiary/aromatic N) is 1. The molecule has 1 saturated heterocycles. The molecule has 2 fully saturated rings. The second kappa shape index (κ2) is 8.38. The lowest BCUT2D eigenvalue weighted by molar-refractivity contribution is -0.181. The largest absolute Gasteiger partial charge is 0.452 e. The van der Waals surface area contributed by atoms with Gasteiger partial charge in [0.05, 0.1) is 0 Å². The van der Waals surface area contributed by atoms with Crippen LogP contribution in [-0.4, -0.2) is 41.7 Å². The second-order valence-corrected chi connectivity index (χ2v) is 8.89. The molecule has 1 saturated carbocycles. The van der Waals surface area contributed by atoms with Crippen molar-refractivity contribution >= 4 is 5.97 Å². The van der Waals surface area contributed by atoms with Gasteiger partial charge in [0.1, 0.15) is 11.7 Å². The molecular formula is C24H33NO3. The van der Waals surface area contributed by atoms with E-state index in [2.05, 4.69) is 29.2 Å². The van der Waals surface area contributed by atoms with Crippen molar-refractivity contribution < 1.29 is 14.6 Å². The third kappa shape index (κ3) is 3.90. The van der Waals surface area contributed by atoms with Crippen LogP contribution in [0.3, 0.4) is 0 Å². The minimum atomic E-state index is -1.10. The zero-order chi connectivity index (χ0) is 19.6. The number of carbonyl (C=O) groups is 1. The Balaban J connectivity index is 1.67. The summed E-state index contributed by atoms with van der Waals surface area (Å²) < 4.78 is 6.26. The lowest BCUT2D eigenvalue weighted by Crippen LogP contribution is -2.46. The van der Waals surface area contributed by atoms with E-state index in [0.29, 0.717) is 11.8 Å². The monoisotopic (exact) mass is 383 g/mol. The summed E-state index contributed by atoms with van der Waals surface area (Å²) in [4.78, 5) is 15.2. The van der Waals surface area contributed by atoms with Crippen LogP contribution < -0.4 is 0 Å². The Labute approximate surface area is 168 Å². The van der Waals surface area contributed by atoms with Crippen molar-refractivity contribution in [3.05, 3.63) is 48.0 Å². The summed E-state index contributed by atoms with van der Waals surface area (Å²) in [5.74, 6) is 0.818. The number of allylic oxidation sites excluding steroid dienone is 2. The average Bonchev–Trinajstić information content (AvgIpc) is 3.36. The lowest BCUT2D eigenvalue weighted by atomic mass is 9.72. The summed E-state index contributed by atoms with van der Waals surface area (Å²) in [6, 6.07) is 10.3. The topological polar surface area (TPSA) is 49.8 Å². The molecule has 28 heavy (non-hydrogen) atoms. The van der Waals surface area contributed by atoms with Gasteiger partial charge in [0.25, 0.3) is 0 Å². The van der Waals surface area contributed by atoms with Gasteiger partial charge in [0.15, 0.2) is 0 Å². The first-order valence-electron chi connectivity index (χ1n) is 11.0. The summed E-state index contributed by atoms with van der Waals surface area (Å²) in [6.07, 6.45) is 10.4. The third-order valence-electron chi connectivity index (χ3n) is 7.01. The second-order valence-electron chi connectivity index (χ2n) is 8.89. The van der Waals surface area contributed by atoms with Crippen LogP contribution in [0.1, 0.15) is 51.0 Å². The van der Waals surface area contributed by atoms with Gasteiger partial charge in [-0.2, -0.15) is 0 Å². The molecule has 1 N–H and O–H groups in total. The first kappa shape index (κ1) is 19.7. The quantitative estimate of drug-likeness (QED) is 0.573. The van der Waals surface area contributed by atoms with Crippen LogP contribution in [0, 0.1) is 17.8 Å². The van der Waals surface area contributed by atoms with Gasteiger partial charge in [-0.1, -0.05) is 48.9 Å². The Morgan fingerprint density at radius 3 is 2.54 bits per heavy atom. The maximum absolute atomic E-state index is 12.6. The Morgan fingerprint density at radius 2 is 1.93 bits per heavy atom. The Kier molecular flexibility index (Phi) is 5.88. The molecule has 3 unspecified atom stereocenters. The zero-order valence-electron chi connectivity index (χ0n) is 16.9. The number of ether oxygens (including phenoxy) is 1. The number of hydrogen-bond acceptors (Lipinski definition) is 4. The minimum absolute atomic E-state index is 0.275. The van der Waals surface area contributed by atoms with Gasteiger partial charge in [0, 0.05) is 18.9 Å². The number of piperidine rings is 1. The molecule has 4 nitrogen and oxygen atoms in total. The van der Waals surface area contributed by atoms with E-state index in [4.69, 9.17) is 4.74 Å². The molecule has 2 aliphatic carbocycles. The Bertz CT molecular complexity index is 695. The van der Waals surface area contributed by atoms with Crippen LogP contribution in [-0.2, 0) is 15.1 Å². The standard InChI is InChI=1S/C24H33NO3/c1-18(26)23(27)28-24(21-8-4-2-5-9-21,12-15-25-13-6-3-7-14-25)22-17-19-10-11-20(22)16-19/h2,4-5,8-11,18-20,22,26H,3,6-7,12-17H2,1H3/t18?,19-,20+,22?,24?/m0/s1. The fourth-order valence-electron chi connectivity index (χ4n) is 5.54. The van der Waals surface area contributed by atoms with E-state index in [-0.39, 0.29) is 5.92 Å². The molecule has 2 bridgehead atoms. The summed E-state index contributed by atoms with van der Waals surface area (Å²) in [5, 5.41) is 9.92. The van der Waals surface area contributed by atoms with E-state index in [1.54, 1.807) is 0 Å². The minimum Gasteiger partial charge on any atom is -0.452 e. The smallest absolute Gasteiger partial charge is 0.335 e. The van der Waals surface area contributed by atoms with Crippen molar-refractivity contribution in [3.63, 3.8) is 0 Å². The van der Waals surface area contributed by atoms with Crippen LogP contribution in [0.15, 0.2) is 42.5 Å². The molecule has 152 valence electrons. The highest BCUT2D eigenvalue weighted by Crippen LogP contribution is 2.54. The van der Waals surface area contributed by atoms with Gasteiger partial charge < -0.3 is 14.7 Å². The van der Waals surface area contributed by atoms with Crippen LogP contribution in [0.4, 0.5) is 0 Å². The van der Waals surface area contributed by atoms with Crippen molar-refractivity contribution in [2.45, 2.75) is 57.2 Å². The van der Waals surface area contributed by atoms with Crippen LogP contribution >= 0.6 is 0 Å². The maximum Gasteiger partial charge on any atom is 0.335 e. The molecule has 0 spiro atoms. The van der Waals surface area contributed by atoms with Gasteiger partial charge in [-0.25, -0.2) is 4.79 Å². The van der Waals surface area contributed by atoms with E-state index in [1.807, 2.05) is 18.2 Å². The fraction of sp³-hybridized carbons (Fsp3) is 0.625. The van der Waals surface area contributed by atoms with Crippen molar-refractivity contribution in [1.29, 1.82) is 0 Å². The van der Waals surface area contributed by atoms with Crippen LogP contribution in [0.5, 0.6) is 0 Å². The van der Waals surface area contributed by atoms with Gasteiger partial charge in [0.2, 0.25) is 0 Å². The molecule has 1 heterocycles. The first-order chi connectivity index (χ1) is 13.6. The highest BCUT2D eigenvalue weighted by atomic mass is 16.6. The van der Waals surface area contributed by atoms with Crippen molar-refractivity contribution in [3.8, 4) is 0 Å². The molecule has 1 aromatic carbocycles. The van der Waals surface area contributed by atoms with Gasteiger partial charge >= 0.3 is 5.97 Å². The van der Waals surface area contributed by atoms with E-state index in [0.717, 1.165) is 44.5 Å². The highest BCUT2D eigenvalue weighted by molar-refractivity contribution is 5.74. The molecule has 4 rings (SSSR count). The number of carbonyl (C=O) groups excluding carboxylic acids is 1. The highest BCUT2D eigenvalue weighted by Gasteiger charge is 2.52. The van der Waals surface area contributed by atoms with E-state index >= 15 is 0 Å². The molecule has 0 radical (unpaired) electrons. The van der Waals surface area contributed by atoms with E-state index < -0.39 is 17.7 Å². The number of likely N-dealkylation sites (tertiary alicyclic amines) is 1. The number of esters is 1. The molecule has 5 atom stereocenters. The van der Waals surface area contributed by atoms with E-state index in [1.165, 1.54) is 26.2 Å². The molecule has 1 aromatic rings. The van der Waals surface area contributed by atoms with Crippen molar-refractivity contribution in [1.82, 2.24) is 4.90 Å². The lowest BCUT2D eigenvalue weighted by Gasteiger charge is -2.43. The summed E-state index contributed by atoms with van der Waals surface area (Å²) >= 11 is 0. The zero-order valence-corrected chi connectivity index (χ0v) is 16.9. The van der Waals surface area contributed by atoms with Gasteiger partial charge in [-0.05, 0) is 63.1 Å². The number of fused-ring (bicyclic) bond motifs is 2. The normalized spacial score (nSPS) is 30.1. The maximum atomic E-state index is 12.6. The van der Waals surface area contributed by atoms with E-state index in [9.17, 15) is 9.90 Å². The van der Waals surface area contributed by atoms with Crippen LogP contribution in [0.2, 0.25) is 0 Å². The Morgan fingerprint density at radius 1 is 1.18 bits per heavy atom. The molecule has 0 amide bonds.